The van der Waals surface area contributed by atoms with Crippen molar-refractivity contribution in [3.63, 3.8) is 0 Å². The summed E-state index contributed by atoms with van der Waals surface area (Å²) < 4.78 is 0. The maximum atomic E-state index is 5.74. The highest BCUT2D eigenvalue weighted by Crippen LogP contribution is 2.37. The molecule has 3 rings (SSSR count). The minimum atomic E-state index is 0.413. The van der Waals surface area contributed by atoms with Crippen molar-refractivity contribution in [3.8, 4) is 0 Å². The Labute approximate surface area is 92.0 Å². The molecule has 76 valence electrons. The maximum Gasteiger partial charge on any atom is 0.129 e. The van der Waals surface area contributed by atoms with Crippen LogP contribution in [-0.4, -0.2) is 11.5 Å². The van der Waals surface area contributed by atoms with Gasteiger partial charge >= 0.3 is 0 Å². The molecule has 4 heteroatoms. The lowest BCUT2D eigenvalue weighted by atomic mass is 10.0. The molecule has 0 saturated carbocycles. The molecular formula is C11H11N3S. The van der Waals surface area contributed by atoms with E-state index < -0.39 is 0 Å². The fourth-order valence-electron chi connectivity index (χ4n) is 1.96. The number of nitrogen functional groups attached to an aromatic ring is 1. The molecule has 1 atom stereocenters. The molecule has 1 aliphatic heterocycles. The fraction of sp³-hybridized carbons (Fsp3) is 0.182. The first kappa shape index (κ1) is 8.73. The highest BCUT2D eigenvalue weighted by atomic mass is 32.1. The number of rotatable bonds is 1. The lowest BCUT2D eigenvalue weighted by Gasteiger charge is -2.05. The van der Waals surface area contributed by atoms with Gasteiger partial charge in [0.25, 0.3) is 0 Å². The Balaban J connectivity index is 2.04. The van der Waals surface area contributed by atoms with Gasteiger partial charge in [0.2, 0.25) is 0 Å². The van der Waals surface area contributed by atoms with Crippen molar-refractivity contribution in [1.29, 1.82) is 0 Å². The number of fused-ring (bicyclic) bond motifs is 1. The van der Waals surface area contributed by atoms with Gasteiger partial charge in [0.05, 0.1) is 0 Å². The van der Waals surface area contributed by atoms with Crippen molar-refractivity contribution < 1.29 is 0 Å². The van der Waals surface area contributed by atoms with Crippen LogP contribution in [-0.2, 0) is 0 Å². The van der Waals surface area contributed by atoms with E-state index in [1.54, 1.807) is 11.3 Å². The molecule has 3 nitrogen and oxygen atoms in total. The topological polar surface area (TPSA) is 50.9 Å². The van der Waals surface area contributed by atoms with Crippen molar-refractivity contribution in [2.45, 2.75) is 5.92 Å². The van der Waals surface area contributed by atoms with Gasteiger partial charge in [0, 0.05) is 40.2 Å². The third kappa shape index (κ3) is 1.37. The van der Waals surface area contributed by atoms with Crippen LogP contribution in [0.3, 0.4) is 0 Å². The van der Waals surface area contributed by atoms with Crippen molar-refractivity contribution in [2.75, 3.05) is 17.6 Å². The Bertz CT molecular complexity index is 492. The second-order valence-corrected chi connectivity index (χ2v) is 4.60. The summed E-state index contributed by atoms with van der Waals surface area (Å²) in [6, 6.07) is 6.16. The average Bonchev–Trinajstić information content (AvgIpc) is 2.83. The molecule has 2 aromatic heterocycles. The number of thiophene rings is 1. The minimum Gasteiger partial charge on any atom is -0.398 e. The first-order chi connectivity index (χ1) is 7.34. The minimum absolute atomic E-state index is 0.413. The summed E-state index contributed by atoms with van der Waals surface area (Å²) in [5, 5.41) is 5.30. The summed E-state index contributed by atoms with van der Waals surface area (Å²) in [6.45, 7) is 0.923. The summed E-state index contributed by atoms with van der Waals surface area (Å²) >= 11 is 1.72. The Morgan fingerprint density at radius 1 is 1.53 bits per heavy atom. The van der Waals surface area contributed by atoms with Gasteiger partial charge in [0.15, 0.2) is 0 Å². The van der Waals surface area contributed by atoms with E-state index in [-0.39, 0.29) is 0 Å². The van der Waals surface area contributed by atoms with Gasteiger partial charge in [0.1, 0.15) is 5.82 Å². The van der Waals surface area contributed by atoms with Crippen LogP contribution in [0.25, 0.3) is 0 Å². The van der Waals surface area contributed by atoms with E-state index in [9.17, 15) is 0 Å². The van der Waals surface area contributed by atoms with Gasteiger partial charge < -0.3 is 11.1 Å². The predicted octanol–water partition coefficient (Wildman–Crippen LogP) is 2.28. The van der Waals surface area contributed by atoms with Crippen LogP contribution in [0, 0.1) is 0 Å². The molecule has 1 unspecified atom stereocenters. The number of hydrogen-bond donors (Lipinski definition) is 2. The Morgan fingerprint density at radius 2 is 2.47 bits per heavy atom. The van der Waals surface area contributed by atoms with E-state index in [1.807, 2.05) is 17.6 Å². The number of hydrogen-bond acceptors (Lipinski definition) is 4. The van der Waals surface area contributed by atoms with E-state index in [0.29, 0.717) is 5.92 Å². The monoisotopic (exact) mass is 217 g/mol. The Morgan fingerprint density at radius 3 is 3.27 bits per heavy atom. The van der Waals surface area contributed by atoms with Crippen LogP contribution in [0.15, 0.2) is 29.8 Å². The maximum absolute atomic E-state index is 5.74. The first-order valence-electron chi connectivity index (χ1n) is 4.87. The summed E-state index contributed by atoms with van der Waals surface area (Å²) in [4.78, 5) is 5.62. The number of nitrogens with one attached hydrogen (secondary N) is 1. The molecule has 0 bridgehead atoms. The largest absolute Gasteiger partial charge is 0.398 e. The van der Waals surface area contributed by atoms with Crippen LogP contribution < -0.4 is 11.1 Å². The van der Waals surface area contributed by atoms with E-state index >= 15 is 0 Å². The van der Waals surface area contributed by atoms with Crippen LogP contribution in [0.1, 0.15) is 16.4 Å². The second kappa shape index (κ2) is 3.24. The molecule has 0 fully saturated rings. The molecule has 3 N–H and O–H groups in total. The van der Waals surface area contributed by atoms with Crippen molar-refractivity contribution in [1.82, 2.24) is 4.98 Å². The Kier molecular flexibility index (Phi) is 1.89. The molecule has 0 amide bonds. The molecular weight excluding hydrogens is 206 g/mol. The van der Waals surface area contributed by atoms with Crippen LogP contribution >= 0.6 is 11.3 Å². The highest BCUT2D eigenvalue weighted by molar-refractivity contribution is 7.10. The van der Waals surface area contributed by atoms with Crippen LogP contribution in [0.2, 0.25) is 0 Å². The van der Waals surface area contributed by atoms with E-state index in [4.69, 9.17) is 5.73 Å². The van der Waals surface area contributed by atoms with Crippen LogP contribution in [0.5, 0.6) is 0 Å². The summed E-state index contributed by atoms with van der Waals surface area (Å²) in [5.74, 6) is 1.42. The molecule has 0 spiro atoms. The van der Waals surface area contributed by atoms with Crippen molar-refractivity contribution in [3.05, 3.63) is 40.2 Å². The van der Waals surface area contributed by atoms with E-state index in [2.05, 4.69) is 22.4 Å². The number of aromatic nitrogens is 1. The predicted molar refractivity (Wildman–Crippen MR) is 63.3 cm³/mol. The van der Waals surface area contributed by atoms with Gasteiger partial charge in [-0.2, -0.15) is 0 Å². The van der Waals surface area contributed by atoms with Gasteiger partial charge in [-0.1, -0.05) is 6.07 Å². The van der Waals surface area contributed by atoms with Crippen LogP contribution in [0.4, 0.5) is 11.5 Å². The zero-order valence-corrected chi connectivity index (χ0v) is 8.92. The first-order valence-corrected chi connectivity index (χ1v) is 5.75. The molecule has 0 aliphatic carbocycles. The normalized spacial score (nSPS) is 18.5. The lowest BCUT2D eigenvalue weighted by molar-refractivity contribution is 0.931. The summed E-state index contributed by atoms with van der Waals surface area (Å²) in [6.07, 6.45) is 1.82. The van der Waals surface area contributed by atoms with Crippen molar-refractivity contribution in [2.24, 2.45) is 0 Å². The van der Waals surface area contributed by atoms with Gasteiger partial charge in [-0.25, -0.2) is 4.98 Å². The number of pyridine rings is 1. The van der Waals surface area contributed by atoms with Gasteiger partial charge in [-0.15, -0.1) is 11.3 Å². The quantitative estimate of drug-likeness (QED) is 0.770. The lowest BCUT2D eigenvalue weighted by Crippen LogP contribution is -2.01. The third-order valence-electron chi connectivity index (χ3n) is 2.67. The fourth-order valence-corrected chi connectivity index (χ4v) is 2.88. The van der Waals surface area contributed by atoms with Gasteiger partial charge in [-0.3, -0.25) is 0 Å². The smallest absolute Gasteiger partial charge is 0.129 e. The average molecular weight is 217 g/mol. The zero-order chi connectivity index (χ0) is 10.3. The summed E-state index contributed by atoms with van der Waals surface area (Å²) in [7, 11) is 0. The van der Waals surface area contributed by atoms with E-state index in [0.717, 1.165) is 18.1 Å². The molecule has 2 aromatic rings. The Hall–Kier alpha value is -1.55. The second-order valence-electron chi connectivity index (χ2n) is 3.66. The summed E-state index contributed by atoms with van der Waals surface area (Å²) in [5.41, 5.74) is 7.87. The highest BCUT2D eigenvalue weighted by Gasteiger charge is 2.25. The molecule has 0 aromatic carbocycles. The van der Waals surface area contributed by atoms with Crippen molar-refractivity contribution >= 4 is 22.8 Å². The van der Waals surface area contributed by atoms with E-state index in [1.165, 1.54) is 10.4 Å². The molecule has 0 radical (unpaired) electrons. The number of nitrogens with zero attached hydrogens (tertiary/aromatic N) is 1. The standard InChI is InChI=1S/C11H11N3S/c12-7-4-10(15-6-7)9-5-14-11-8(9)2-1-3-13-11/h1-4,6,9H,5,12H2,(H,13,14). The molecule has 1 aliphatic rings. The molecule has 0 saturated heterocycles. The number of nitrogens with two attached hydrogens (primary N) is 1. The number of anilines is 2. The molecule has 3 heterocycles. The van der Waals surface area contributed by atoms with Gasteiger partial charge in [-0.05, 0) is 12.1 Å². The zero-order valence-electron chi connectivity index (χ0n) is 8.10. The molecule has 15 heavy (non-hydrogen) atoms. The SMILES string of the molecule is Nc1csc(C2CNc3ncccc32)c1. The third-order valence-corrected chi connectivity index (χ3v) is 3.74.